The minimum atomic E-state index is 0.634. The maximum atomic E-state index is 6.46. The Balaban J connectivity index is 0.998. The highest BCUT2D eigenvalue weighted by atomic mass is 16.3. The highest BCUT2D eigenvalue weighted by Gasteiger charge is 2.17. The van der Waals surface area contributed by atoms with Crippen LogP contribution in [0, 0.1) is 0 Å². The van der Waals surface area contributed by atoms with Gasteiger partial charge in [0.05, 0.1) is 0 Å². The van der Waals surface area contributed by atoms with E-state index < -0.39 is 0 Å². The van der Waals surface area contributed by atoms with Crippen molar-refractivity contribution in [3.05, 3.63) is 194 Å². The average molecular weight is 705 g/mol. The Labute approximate surface area is 317 Å². The van der Waals surface area contributed by atoms with Crippen molar-refractivity contribution < 1.29 is 8.83 Å². The summed E-state index contributed by atoms with van der Waals surface area (Å²) >= 11 is 0. The van der Waals surface area contributed by atoms with E-state index in [1.165, 1.54) is 0 Å². The number of aromatic nitrogens is 1. The molecule has 11 rings (SSSR count). The molecule has 0 fully saturated rings. The van der Waals surface area contributed by atoms with E-state index >= 15 is 0 Å². The van der Waals surface area contributed by atoms with Gasteiger partial charge in [-0.3, -0.25) is 0 Å². The summed E-state index contributed by atoms with van der Waals surface area (Å²) < 4.78 is 12.6. The zero-order valence-corrected chi connectivity index (χ0v) is 29.7. The van der Waals surface area contributed by atoms with E-state index in [-0.39, 0.29) is 0 Å². The molecule has 0 atom stereocenters. The Bertz CT molecular complexity index is 3220. The molecule has 4 heteroatoms. The second-order valence-electron chi connectivity index (χ2n) is 14.0. The monoisotopic (exact) mass is 704 g/mol. The molecule has 9 aromatic carbocycles. The van der Waals surface area contributed by atoms with Crippen LogP contribution in [0.2, 0.25) is 0 Å². The van der Waals surface area contributed by atoms with Gasteiger partial charge in [0, 0.05) is 38.8 Å². The SMILES string of the molecule is c1ccc(-c2nc3ccc4ccc5cc(-c6cccc(N(c7ccccc7)c7cccc(-c8ccc9oc%10ccccc%10c9c8)c7)c6)ccc5c4c3o2)cc1. The first-order valence-corrected chi connectivity index (χ1v) is 18.5. The quantitative estimate of drug-likeness (QED) is 0.162. The molecule has 258 valence electrons. The van der Waals surface area contributed by atoms with Crippen molar-refractivity contribution in [1.82, 2.24) is 4.98 Å². The zero-order chi connectivity index (χ0) is 36.3. The Morgan fingerprint density at radius 3 is 1.76 bits per heavy atom. The molecular formula is C51H32N2O2. The summed E-state index contributed by atoms with van der Waals surface area (Å²) in [4.78, 5) is 7.18. The van der Waals surface area contributed by atoms with Crippen molar-refractivity contribution in [3.63, 3.8) is 0 Å². The van der Waals surface area contributed by atoms with Crippen molar-refractivity contribution in [2.24, 2.45) is 0 Å². The van der Waals surface area contributed by atoms with Crippen LogP contribution in [-0.4, -0.2) is 4.98 Å². The van der Waals surface area contributed by atoms with Crippen LogP contribution in [0.5, 0.6) is 0 Å². The fraction of sp³-hybridized carbons (Fsp3) is 0. The number of oxazole rings is 1. The molecule has 0 aliphatic carbocycles. The third kappa shape index (κ3) is 5.34. The fourth-order valence-electron chi connectivity index (χ4n) is 7.99. The smallest absolute Gasteiger partial charge is 0.227 e. The number of anilines is 3. The van der Waals surface area contributed by atoms with Crippen LogP contribution >= 0.6 is 0 Å². The summed E-state index contributed by atoms with van der Waals surface area (Å²) in [5, 5.41) is 6.75. The van der Waals surface area contributed by atoms with E-state index in [0.717, 1.165) is 99.5 Å². The molecule has 4 nitrogen and oxygen atoms in total. The van der Waals surface area contributed by atoms with E-state index in [4.69, 9.17) is 13.8 Å². The molecule has 0 bridgehead atoms. The summed E-state index contributed by atoms with van der Waals surface area (Å²) in [7, 11) is 0. The van der Waals surface area contributed by atoms with Gasteiger partial charge in [-0.15, -0.1) is 0 Å². The van der Waals surface area contributed by atoms with E-state index in [2.05, 4.69) is 150 Å². The lowest BCUT2D eigenvalue weighted by molar-refractivity contribution is 0.623. The number of para-hydroxylation sites is 2. The second kappa shape index (κ2) is 12.6. The standard InChI is InChI=1S/C51H32N2O2/c1-3-11-34(12-4-1)51-52-46-27-24-33-21-22-39-29-37(23-26-43(39)49(33)50(46)55-51)35-13-9-17-41(30-35)53(40-15-5-2-6-16-40)42-18-10-14-36(31-42)38-25-28-48-45(32-38)44-19-7-8-20-47(44)54-48/h1-32H. The third-order valence-electron chi connectivity index (χ3n) is 10.6. The van der Waals surface area contributed by atoms with Gasteiger partial charge >= 0.3 is 0 Å². The maximum absolute atomic E-state index is 6.46. The number of fused-ring (bicyclic) bond motifs is 8. The molecule has 55 heavy (non-hydrogen) atoms. The van der Waals surface area contributed by atoms with E-state index in [1.807, 2.05) is 48.5 Å². The molecule has 2 heterocycles. The van der Waals surface area contributed by atoms with Crippen LogP contribution < -0.4 is 4.90 Å². The van der Waals surface area contributed by atoms with Gasteiger partial charge in [-0.05, 0) is 117 Å². The molecular weight excluding hydrogens is 673 g/mol. The highest BCUT2D eigenvalue weighted by molar-refractivity contribution is 6.18. The first-order valence-electron chi connectivity index (χ1n) is 18.5. The first kappa shape index (κ1) is 31.1. The highest BCUT2D eigenvalue weighted by Crippen LogP contribution is 2.41. The molecule has 0 spiro atoms. The van der Waals surface area contributed by atoms with Crippen molar-refractivity contribution in [2.45, 2.75) is 0 Å². The number of hydrogen-bond donors (Lipinski definition) is 0. The minimum Gasteiger partial charge on any atom is -0.456 e. The molecule has 0 aliphatic rings. The Hall–Kier alpha value is -7.43. The van der Waals surface area contributed by atoms with E-state index in [0.29, 0.717) is 5.89 Å². The van der Waals surface area contributed by atoms with Gasteiger partial charge in [-0.1, -0.05) is 115 Å². The molecule has 0 saturated carbocycles. The summed E-state index contributed by atoms with van der Waals surface area (Å²) in [5.74, 6) is 0.634. The van der Waals surface area contributed by atoms with Gasteiger partial charge in [0.15, 0.2) is 5.58 Å². The molecule has 0 amide bonds. The van der Waals surface area contributed by atoms with Gasteiger partial charge in [-0.2, -0.15) is 0 Å². The molecule has 0 aliphatic heterocycles. The summed E-state index contributed by atoms with van der Waals surface area (Å²) in [5.41, 5.74) is 12.2. The third-order valence-corrected chi connectivity index (χ3v) is 10.6. The van der Waals surface area contributed by atoms with Crippen molar-refractivity contribution >= 4 is 71.6 Å². The number of benzene rings is 9. The number of nitrogens with zero attached hydrogens (tertiary/aromatic N) is 2. The Kier molecular flexibility index (Phi) is 7.14. The maximum Gasteiger partial charge on any atom is 0.227 e. The van der Waals surface area contributed by atoms with Crippen molar-refractivity contribution in [2.75, 3.05) is 4.90 Å². The van der Waals surface area contributed by atoms with Gasteiger partial charge in [0.1, 0.15) is 16.7 Å². The number of furan rings is 1. The molecule has 2 aromatic heterocycles. The lowest BCUT2D eigenvalue weighted by atomic mass is 9.96. The van der Waals surface area contributed by atoms with Crippen molar-refractivity contribution in [1.29, 1.82) is 0 Å². The van der Waals surface area contributed by atoms with Crippen LogP contribution in [0.1, 0.15) is 0 Å². The molecule has 0 unspecified atom stereocenters. The predicted octanol–water partition coefficient (Wildman–Crippen LogP) is 14.5. The lowest BCUT2D eigenvalue weighted by Gasteiger charge is -2.26. The molecule has 11 aromatic rings. The van der Waals surface area contributed by atoms with E-state index in [1.54, 1.807) is 0 Å². The van der Waals surface area contributed by atoms with Crippen LogP contribution in [0.4, 0.5) is 17.1 Å². The van der Waals surface area contributed by atoms with Gasteiger partial charge in [0.2, 0.25) is 5.89 Å². The van der Waals surface area contributed by atoms with Crippen molar-refractivity contribution in [3.8, 4) is 33.7 Å². The first-order chi connectivity index (χ1) is 27.2. The van der Waals surface area contributed by atoms with Gasteiger partial charge < -0.3 is 13.7 Å². The zero-order valence-electron chi connectivity index (χ0n) is 29.7. The molecule has 0 radical (unpaired) electrons. The van der Waals surface area contributed by atoms with Crippen LogP contribution in [0.15, 0.2) is 203 Å². The summed E-state index contributed by atoms with van der Waals surface area (Å²) in [6.45, 7) is 0. The average Bonchev–Trinajstić information content (AvgIpc) is 3.86. The Morgan fingerprint density at radius 2 is 0.964 bits per heavy atom. The molecule has 0 N–H and O–H groups in total. The number of hydrogen-bond acceptors (Lipinski definition) is 4. The van der Waals surface area contributed by atoms with E-state index in [9.17, 15) is 0 Å². The summed E-state index contributed by atoms with van der Waals surface area (Å²) in [6.07, 6.45) is 0. The van der Waals surface area contributed by atoms with Crippen LogP contribution in [0.3, 0.4) is 0 Å². The second-order valence-corrected chi connectivity index (χ2v) is 14.0. The van der Waals surface area contributed by atoms with Gasteiger partial charge in [0.25, 0.3) is 0 Å². The lowest BCUT2D eigenvalue weighted by Crippen LogP contribution is -2.10. The van der Waals surface area contributed by atoms with Gasteiger partial charge in [-0.25, -0.2) is 4.98 Å². The topological polar surface area (TPSA) is 42.4 Å². The Morgan fingerprint density at radius 1 is 0.364 bits per heavy atom. The minimum absolute atomic E-state index is 0.634. The largest absolute Gasteiger partial charge is 0.456 e. The normalized spacial score (nSPS) is 11.6. The van der Waals surface area contributed by atoms with Crippen LogP contribution in [-0.2, 0) is 0 Å². The summed E-state index contributed by atoms with van der Waals surface area (Å²) in [6, 6.07) is 68.3. The molecule has 0 saturated heterocycles. The fourth-order valence-corrected chi connectivity index (χ4v) is 7.99. The predicted molar refractivity (Wildman–Crippen MR) is 227 cm³/mol. The number of rotatable bonds is 6. The van der Waals surface area contributed by atoms with Crippen LogP contribution in [0.25, 0.3) is 88.3 Å².